The van der Waals surface area contributed by atoms with Crippen LogP contribution >= 0.6 is 12.4 Å². The summed E-state index contributed by atoms with van der Waals surface area (Å²) in [4.78, 5) is 0. The number of hydrogen-bond donors (Lipinski definition) is 2. The SMILES string of the molecule is CO[Si](CCCNCCNCC=Cc1ccccc1)(OC)OC.Cl. The highest BCUT2D eigenvalue weighted by Crippen LogP contribution is 2.14. The molecule has 138 valence electrons. The van der Waals surface area contributed by atoms with Gasteiger partial charge in [-0.05, 0) is 18.5 Å². The van der Waals surface area contributed by atoms with Crippen LogP contribution in [0.4, 0.5) is 0 Å². The summed E-state index contributed by atoms with van der Waals surface area (Å²) >= 11 is 0. The van der Waals surface area contributed by atoms with Crippen LogP contribution in [0.25, 0.3) is 6.08 Å². The molecule has 0 atom stereocenters. The van der Waals surface area contributed by atoms with Crippen molar-refractivity contribution < 1.29 is 13.3 Å². The number of halogens is 1. The lowest BCUT2D eigenvalue weighted by Crippen LogP contribution is -2.43. The molecule has 0 aromatic heterocycles. The van der Waals surface area contributed by atoms with Crippen LogP contribution in [0.5, 0.6) is 0 Å². The molecule has 0 radical (unpaired) electrons. The Bertz CT molecular complexity index is 423. The first kappa shape index (κ1) is 23.3. The molecule has 0 aliphatic carbocycles. The van der Waals surface area contributed by atoms with E-state index in [2.05, 4.69) is 34.9 Å². The zero-order valence-corrected chi connectivity index (χ0v) is 16.7. The summed E-state index contributed by atoms with van der Waals surface area (Å²) in [5.74, 6) is 0. The van der Waals surface area contributed by atoms with Gasteiger partial charge in [0.15, 0.2) is 0 Å². The van der Waals surface area contributed by atoms with Gasteiger partial charge in [-0.15, -0.1) is 12.4 Å². The Morgan fingerprint density at radius 2 is 1.54 bits per heavy atom. The van der Waals surface area contributed by atoms with E-state index in [1.54, 1.807) is 21.3 Å². The molecule has 0 fully saturated rings. The Kier molecular flexibility index (Phi) is 14.2. The Hall–Kier alpha value is -0.733. The number of rotatable bonds is 13. The van der Waals surface area contributed by atoms with Gasteiger partial charge in [0, 0.05) is 47.0 Å². The van der Waals surface area contributed by atoms with Crippen LogP contribution in [0, 0.1) is 0 Å². The van der Waals surface area contributed by atoms with Crippen LogP contribution in [0.15, 0.2) is 36.4 Å². The second-order valence-electron chi connectivity index (χ2n) is 5.17. The zero-order chi connectivity index (χ0) is 16.8. The Morgan fingerprint density at radius 3 is 2.17 bits per heavy atom. The summed E-state index contributed by atoms with van der Waals surface area (Å²) in [6.45, 7) is 3.71. The van der Waals surface area contributed by atoms with Crippen molar-refractivity contribution in [2.24, 2.45) is 0 Å². The number of hydrogen-bond acceptors (Lipinski definition) is 5. The van der Waals surface area contributed by atoms with Crippen molar-refractivity contribution in [3.05, 3.63) is 42.0 Å². The smallest absolute Gasteiger partial charge is 0.377 e. The molecule has 0 aliphatic rings. The molecular formula is C17H31ClN2O3Si. The van der Waals surface area contributed by atoms with Crippen molar-refractivity contribution in [3.8, 4) is 0 Å². The van der Waals surface area contributed by atoms with Gasteiger partial charge in [-0.2, -0.15) is 0 Å². The fourth-order valence-electron chi connectivity index (χ4n) is 2.23. The second kappa shape index (κ2) is 14.6. The summed E-state index contributed by atoms with van der Waals surface area (Å²) in [6, 6.07) is 11.1. The van der Waals surface area contributed by atoms with Crippen LogP contribution in [0.2, 0.25) is 6.04 Å². The van der Waals surface area contributed by atoms with E-state index in [1.165, 1.54) is 5.56 Å². The molecule has 0 bridgehead atoms. The van der Waals surface area contributed by atoms with E-state index in [9.17, 15) is 0 Å². The molecule has 1 aromatic rings. The first-order chi connectivity index (χ1) is 11.3. The zero-order valence-electron chi connectivity index (χ0n) is 14.9. The predicted octanol–water partition coefficient (Wildman–Crippen LogP) is 2.57. The van der Waals surface area contributed by atoms with Gasteiger partial charge < -0.3 is 23.9 Å². The fourth-order valence-corrected chi connectivity index (χ4v) is 3.95. The Labute approximate surface area is 153 Å². The van der Waals surface area contributed by atoms with E-state index in [0.717, 1.165) is 38.6 Å². The molecule has 24 heavy (non-hydrogen) atoms. The third-order valence-electron chi connectivity index (χ3n) is 3.62. The Balaban J connectivity index is 0.00000529. The molecule has 5 nitrogen and oxygen atoms in total. The lowest BCUT2D eigenvalue weighted by molar-refractivity contribution is 0.123. The largest absolute Gasteiger partial charge is 0.500 e. The molecule has 0 spiro atoms. The first-order valence-electron chi connectivity index (χ1n) is 8.05. The van der Waals surface area contributed by atoms with Crippen LogP contribution in [0.1, 0.15) is 12.0 Å². The van der Waals surface area contributed by atoms with Gasteiger partial charge in [-0.25, -0.2) is 0 Å². The van der Waals surface area contributed by atoms with E-state index in [-0.39, 0.29) is 12.4 Å². The van der Waals surface area contributed by atoms with Gasteiger partial charge >= 0.3 is 8.80 Å². The third kappa shape index (κ3) is 9.54. The minimum Gasteiger partial charge on any atom is -0.377 e. The van der Waals surface area contributed by atoms with Gasteiger partial charge in [0.05, 0.1) is 0 Å². The minimum absolute atomic E-state index is 0. The monoisotopic (exact) mass is 374 g/mol. The maximum Gasteiger partial charge on any atom is 0.500 e. The Morgan fingerprint density at radius 1 is 0.917 bits per heavy atom. The molecule has 7 heteroatoms. The van der Waals surface area contributed by atoms with Gasteiger partial charge in [-0.3, -0.25) is 0 Å². The van der Waals surface area contributed by atoms with Crippen LogP contribution < -0.4 is 10.6 Å². The standard InChI is InChI=1S/C17H30N2O3Si.ClH/c1-20-23(21-2,22-3)16-8-13-19-15-14-18-12-7-11-17-9-5-4-6-10-17;/h4-7,9-11,18-19H,8,12-16H2,1-3H3;1H. The lowest BCUT2D eigenvalue weighted by Gasteiger charge is -2.24. The third-order valence-corrected chi connectivity index (χ3v) is 6.45. The van der Waals surface area contributed by atoms with E-state index in [0.29, 0.717) is 0 Å². The number of benzene rings is 1. The molecule has 0 aliphatic heterocycles. The molecule has 1 rings (SSSR count). The molecule has 0 amide bonds. The highest BCUT2D eigenvalue weighted by Gasteiger charge is 2.36. The molecule has 0 heterocycles. The van der Waals surface area contributed by atoms with Crippen molar-refractivity contribution in [2.45, 2.75) is 12.5 Å². The maximum atomic E-state index is 5.39. The molecule has 0 saturated carbocycles. The predicted molar refractivity (Wildman–Crippen MR) is 105 cm³/mol. The van der Waals surface area contributed by atoms with Gasteiger partial charge in [0.25, 0.3) is 0 Å². The van der Waals surface area contributed by atoms with E-state index in [4.69, 9.17) is 13.3 Å². The van der Waals surface area contributed by atoms with Crippen molar-refractivity contribution in [3.63, 3.8) is 0 Å². The van der Waals surface area contributed by atoms with Gasteiger partial charge in [0.1, 0.15) is 0 Å². The average molecular weight is 375 g/mol. The van der Waals surface area contributed by atoms with Crippen molar-refractivity contribution in [2.75, 3.05) is 47.5 Å². The summed E-state index contributed by atoms with van der Waals surface area (Å²) in [5, 5.41) is 6.79. The second-order valence-corrected chi connectivity index (χ2v) is 8.26. The van der Waals surface area contributed by atoms with Crippen LogP contribution in [-0.4, -0.2) is 56.3 Å². The lowest BCUT2D eigenvalue weighted by atomic mass is 10.2. The highest BCUT2D eigenvalue weighted by molar-refractivity contribution is 6.60. The van der Waals surface area contributed by atoms with Crippen molar-refractivity contribution in [1.29, 1.82) is 0 Å². The summed E-state index contributed by atoms with van der Waals surface area (Å²) in [5.41, 5.74) is 1.23. The summed E-state index contributed by atoms with van der Waals surface area (Å²) < 4.78 is 16.2. The summed E-state index contributed by atoms with van der Waals surface area (Å²) in [6.07, 6.45) is 5.26. The number of nitrogens with one attached hydrogen (secondary N) is 2. The highest BCUT2D eigenvalue weighted by atomic mass is 35.5. The van der Waals surface area contributed by atoms with Crippen molar-refractivity contribution >= 4 is 27.3 Å². The normalized spacial score (nSPS) is 11.6. The fraction of sp³-hybridized carbons (Fsp3) is 0.529. The molecule has 0 saturated heterocycles. The van der Waals surface area contributed by atoms with Crippen LogP contribution in [-0.2, 0) is 13.3 Å². The molecule has 2 N–H and O–H groups in total. The van der Waals surface area contributed by atoms with Gasteiger partial charge in [0.2, 0.25) is 0 Å². The quantitative estimate of drug-likeness (QED) is 0.410. The van der Waals surface area contributed by atoms with E-state index in [1.807, 2.05) is 18.2 Å². The summed E-state index contributed by atoms with van der Waals surface area (Å²) in [7, 11) is 2.56. The first-order valence-corrected chi connectivity index (χ1v) is 9.98. The van der Waals surface area contributed by atoms with Crippen LogP contribution in [0.3, 0.4) is 0 Å². The minimum atomic E-state index is -2.40. The molecule has 0 unspecified atom stereocenters. The van der Waals surface area contributed by atoms with Crippen molar-refractivity contribution in [1.82, 2.24) is 10.6 Å². The van der Waals surface area contributed by atoms with E-state index < -0.39 is 8.80 Å². The molecule has 1 aromatic carbocycles. The topological polar surface area (TPSA) is 51.8 Å². The average Bonchev–Trinajstić information content (AvgIpc) is 2.61. The molecular weight excluding hydrogens is 344 g/mol. The van der Waals surface area contributed by atoms with Gasteiger partial charge in [-0.1, -0.05) is 42.5 Å². The maximum absolute atomic E-state index is 5.39. The van der Waals surface area contributed by atoms with E-state index >= 15 is 0 Å².